The molecule has 0 saturated carbocycles. The number of aliphatic carboxylic acids is 1. The standard InChI is InChI=1S/C17H27NO2/c1-3-5-7-16(6-4-2)18-13-15-10-8-14(9-11-15)12-17(19)20/h8-11,16,18H,3-7,12-13H2,1-2H3,(H,19,20). The highest BCUT2D eigenvalue weighted by Crippen LogP contribution is 2.10. The third kappa shape index (κ3) is 6.71. The van der Waals surface area contributed by atoms with Crippen molar-refractivity contribution >= 4 is 5.97 Å². The van der Waals surface area contributed by atoms with E-state index in [4.69, 9.17) is 5.11 Å². The molecule has 0 fully saturated rings. The Hall–Kier alpha value is -1.35. The Bertz CT molecular complexity index is 386. The van der Waals surface area contributed by atoms with Crippen LogP contribution in [0.15, 0.2) is 24.3 Å². The molecular formula is C17H27NO2. The van der Waals surface area contributed by atoms with Crippen molar-refractivity contribution in [3.05, 3.63) is 35.4 Å². The number of unbranched alkanes of at least 4 members (excludes halogenated alkanes) is 1. The first-order valence-electron chi connectivity index (χ1n) is 7.68. The van der Waals surface area contributed by atoms with Crippen LogP contribution in [0.1, 0.15) is 57.1 Å². The normalized spacial score (nSPS) is 12.3. The minimum absolute atomic E-state index is 0.0999. The summed E-state index contributed by atoms with van der Waals surface area (Å²) in [5.74, 6) is -0.779. The van der Waals surface area contributed by atoms with Crippen molar-refractivity contribution in [3.8, 4) is 0 Å². The monoisotopic (exact) mass is 277 g/mol. The van der Waals surface area contributed by atoms with Crippen molar-refractivity contribution < 1.29 is 9.90 Å². The molecule has 2 N–H and O–H groups in total. The summed E-state index contributed by atoms with van der Waals surface area (Å²) in [5.41, 5.74) is 2.08. The van der Waals surface area contributed by atoms with Crippen LogP contribution in [0.3, 0.4) is 0 Å². The van der Waals surface area contributed by atoms with Crippen LogP contribution in [0, 0.1) is 0 Å². The number of hydrogen-bond acceptors (Lipinski definition) is 2. The first kappa shape index (κ1) is 16.7. The minimum Gasteiger partial charge on any atom is -0.481 e. The zero-order valence-corrected chi connectivity index (χ0v) is 12.7. The number of carboxylic acid groups (broad SMARTS) is 1. The van der Waals surface area contributed by atoms with Gasteiger partial charge in [-0.3, -0.25) is 4.79 Å². The Kier molecular flexibility index (Phi) is 7.97. The van der Waals surface area contributed by atoms with Crippen LogP contribution in [0.5, 0.6) is 0 Å². The van der Waals surface area contributed by atoms with Crippen LogP contribution in [0.4, 0.5) is 0 Å². The van der Waals surface area contributed by atoms with Gasteiger partial charge in [0.15, 0.2) is 0 Å². The van der Waals surface area contributed by atoms with E-state index < -0.39 is 5.97 Å². The molecule has 0 bridgehead atoms. The maximum atomic E-state index is 10.6. The second kappa shape index (κ2) is 9.54. The first-order chi connectivity index (χ1) is 9.65. The van der Waals surface area contributed by atoms with Crippen LogP contribution in [0.25, 0.3) is 0 Å². The maximum absolute atomic E-state index is 10.6. The summed E-state index contributed by atoms with van der Waals surface area (Å²) in [6, 6.07) is 8.46. The molecule has 0 saturated heterocycles. The molecule has 0 aromatic heterocycles. The molecule has 0 spiro atoms. The van der Waals surface area contributed by atoms with E-state index in [2.05, 4.69) is 19.2 Å². The molecule has 20 heavy (non-hydrogen) atoms. The van der Waals surface area contributed by atoms with Gasteiger partial charge in [-0.1, -0.05) is 57.4 Å². The van der Waals surface area contributed by atoms with E-state index in [-0.39, 0.29) is 6.42 Å². The fourth-order valence-electron chi connectivity index (χ4n) is 2.36. The van der Waals surface area contributed by atoms with Gasteiger partial charge in [-0.15, -0.1) is 0 Å². The lowest BCUT2D eigenvalue weighted by Gasteiger charge is -2.18. The van der Waals surface area contributed by atoms with Gasteiger partial charge in [0, 0.05) is 12.6 Å². The summed E-state index contributed by atoms with van der Waals surface area (Å²) in [6.45, 7) is 5.31. The zero-order chi connectivity index (χ0) is 14.8. The Balaban J connectivity index is 2.44. The largest absolute Gasteiger partial charge is 0.481 e. The predicted octanol–water partition coefficient (Wildman–Crippen LogP) is 3.76. The Morgan fingerprint density at radius 2 is 1.75 bits per heavy atom. The fraction of sp³-hybridized carbons (Fsp3) is 0.588. The molecule has 112 valence electrons. The van der Waals surface area contributed by atoms with Gasteiger partial charge in [0.25, 0.3) is 0 Å². The number of carboxylic acids is 1. The van der Waals surface area contributed by atoms with Crippen LogP contribution in [0.2, 0.25) is 0 Å². The lowest BCUT2D eigenvalue weighted by Crippen LogP contribution is -2.28. The Morgan fingerprint density at radius 3 is 2.30 bits per heavy atom. The van der Waals surface area contributed by atoms with Crippen LogP contribution < -0.4 is 5.32 Å². The second-order valence-electron chi connectivity index (χ2n) is 5.40. The van der Waals surface area contributed by atoms with E-state index >= 15 is 0 Å². The highest BCUT2D eigenvalue weighted by molar-refractivity contribution is 5.70. The summed E-state index contributed by atoms with van der Waals surface area (Å²) in [7, 11) is 0. The van der Waals surface area contributed by atoms with E-state index in [1.54, 1.807) is 0 Å². The molecule has 0 radical (unpaired) electrons. The molecule has 1 rings (SSSR count). The lowest BCUT2D eigenvalue weighted by molar-refractivity contribution is -0.136. The third-order valence-corrected chi connectivity index (χ3v) is 3.52. The van der Waals surface area contributed by atoms with Gasteiger partial charge < -0.3 is 10.4 Å². The average molecular weight is 277 g/mol. The number of nitrogens with one attached hydrogen (secondary N) is 1. The Labute approximate surface area is 122 Å². The molecule has 0 aliphatic carbocycles. The second-order valence-corrected chi connectivity index (χ2v) is 5.40. The van der Waals surface area contributed by atoms with Gasteiger partial charge in [0.2, 0.25) is 0 Å². The topological polar surface area (TPSA) is 49.3 Å². The third-order valence-electron chi connectivity index (χ3n) is 3.52. The van der Waals surface area contributed by atoms with Crippen molar-refractivity contribution in [2.45, 2.75) is 65.0 Å². The van der Waals surface area contributed by atoms with E-state index in [0.29, 0.717) is 6.04 Å². The van der Waals surface area contributed by atoms with E-state index in [1.165, 1.54) is 37.7 Å². The van der Waals surface area contributed by atoms with Crippen molar-refractivity contribution in [2.24, 2.45) is 0 Å². The molecular weight excluding hydrogens is 250 g/mol. The molecule has 0 aliphatic heterocycles. The Morgan fingerprint density at radius 1 is 1.10 bits per heavy atom. The predicted molar refractivity (Wildman–Crippen MR) is 82.8 cm³/mol. The minimum atomic E-state index is -0.779. The summed E-state index contributed by atoms with van der Waals surface area (Å²) in [4.78, 5) is 10.6. The molecule has 1 aromatic carbocycles. The van der Waals surface area contributed by atoms with Gasteiger partial charge in [0.1, 0.15) is 0 Å². The van der Waals surface area contributed by atoms with Crippen LogP contribution in [-0.4, -0.2) is 17.1 Å². The molecule has 1 unspecified atom stereocenters. The lowest BCUT2D eigenvalue weighted by atomic mass is 10.0. The van der Waals surface area contributed by atoms with Gasteiger partial charge in [0.05, 0.1) is 6.42 Å². The number of benzene rings is 1. The number of carbonyl (C=O) groups is 1. The quantitative estimate of drug-likeness (QED) is 0.684. The molecule has 0 amide bonds. The number of hydrogen-bond donors (Lipinski definition) is 2. The first-order valence-corrected chi connectivity index (χ1v) is 7.68. The molecule has 3 heteroatoms. The van der Waals surface area contributed by atoms with E-state index in [1.807, 2.05) is 24.3 Å². The molecule has 0 heterocycles. The van der Waals surface area contributed by atoms with Gasteiger partial charge in [-0.25, -0.2) is 0 Å². The fourth-order valence-corrected chi connectivity index (χ4v) is 2.36. The zero-order valence-electron chi connectivity index (χ0n) is 12.7. The molecule has 1 atom stereocenters. The summed E-state index contributed by atoms with van der Waals surface area (Å²) in [6.07, 6.45) is 6.28. The van der Waals surface area contributed by atoms with E-state index in [0.717, 1.165) is 12.1 Å². The molecule has 1 aromatic rings. The highest BCUT2D eigenvalue weighted by Gasteiger charge is 2.06. The van der Waals surface area contributed by atoms with Crippen molar-refractivity contribution in [1.82, 2.24) is 5.32 Å². The van der Waals surface area contributed by atoms with Crippen molar-refractivity contribution in [3.63, 3.8) is 0 Å². The number of rotatable bonds is 10. The van der Waals surface area contributed by atoms with Crippen LogP contribution in [-0.2, 0) is 17.8 Å². The summed E-state index contributed by atoms with van der Waals surface area (Å²) < 4.78 is 0. The van der Waals surface area contributed by atoms with E-state index in [9.17, 15) is 4.79 Å². The van der Waals surface area contributed by atoms with Gasteiger partial charge in [-0.2, -0.15) is 0 Å². The highest BCUT2D eigenvalue weighted by atomic mass is 16.4. The SMILES string of the molecule is CCCCC(CCC)NCc1ccc(CC(=O)O)cc1. The molecule has 0 aliphatic rings. The molecule has 3 nitrogen and oxygen atoms in total. The van der Waals surface area contributed by atoms with Crippen LogP contribution >= 0.6 is 0 Å². The summed E-state index contributed by atoms with van der Waals surface area (Å²) >= 11 is 0. The maximum Gasteiger partial charge on any atom is 0.307 e. The van der Waals surface area contributed by atoms with Crippen molar-refractivity contribution in [1.29, 1.82) is 0 Å². The average Bonchev–Trinajstić information content (AvgIpc) is 2.43. The van der Waals surface area contributed by atoms with Gasteiger partial charge >= 0.3 is 5.97 Å². The smallest absolute Gasteiger partial charge is 0.307 e. The summed E-state index contributed by atoms with van der Waals surface area (Å²) in [5, 5.41) is 12.4. The van der Waals surface area contributed by atoms with Gasteiger partial charge in [-0.05, 0) is 24.0 Å². The van der Waals surface area contributed by atoms with Crippen molar-refractivity contribution in [2.75, 3.05) is 0 Å².